The smallest absolute Gasteiger partial charge is 0.242 e. The third kappa shape index (κ3) is 6.01. The standard InChI is InChI=1S/C15H29N3O3/c1-10(12-5-4-6-13(16)9-12)14(19)18-11(2)15(20)17-7-8-21-3/h10-13H,4-9,16H2,1-3H3,(H,17,20)(H,18,19). The van der Waals surface area contributed by atoms with E-state index in [-0.39, 0.29) is 23.8 Å². The second-order valence-electron chi connectivity index (χ2n) is 5.99. The molecule has 1 fully saturated rings. The van der Waals surface area contributed by atoms with Crippen molar-refractivity contribution in [1.29, 1.82) is 0 Å². The Morgan fingerprint density at radius 1 is 1.29 bits per heavy atom. The Balaban J connectivity index is 2.38. The maximum Gasteiger partial charge on any atom is 0.242 e. The Hall–Kier alpha value is -1.14. The number of amides is 2. The number of methoxy groups -OCH3 is 1. The summed E-state index contributed by atoms with van der Waals surface area (Å²) in [5.74, 6) is -0.0421. The lowest BCUT2D eigenvalue weighted by Crippen LogP contribution is -2.48. The molecular formula is C15H29N3O3. The molecule has 0 bridgehead atoms. The van der Waals surface area contributed by atoms with Crippen LogP contribution in [0.15, 0.2) is 0 Å². The van der Waals surface area contributed by atoms with Crippen LogP contribution in [-0.2, 0) is 14.3 Å². The van der Waals surface area contributed by atoms with Gasteiger partial charge in [0.2, 0.25) is 11.8 Å². The van der Waals surface area contributed by atoms with E-state index < -0.39 is 6.04 Å². The third-order valence-electron chi connectivity index (χ3n) is 4.23. The Labute approximate surface area is 127 Å². The van der Waals surface area contributed by atoms with Gasteiger partial charge in [-0.1, -0.05) is 13.3 Å². The van der Waals surface area contributed by atoms with E-state index in [1.54, 1.807) is 14.0 Å². The number of rotatable bonds is 7. The molecule has 6 heteroatoms. The summed E-state index contributed by atoms with van der Waals surface area (Å²) < 4.78 is 4.87. The Morgan fingerprint density at radius 3 is 2.62 bits per heavy atom. The zero-order chi connectivity index (χ0) is 15.8. The quantitative estimate of drug-likeness (QED) is 0.593. The van der Waals surface area contributed by atoms with E-state index >= 15 is 0 Å². The average molecular weight is 299 g/mol. The minimum Gasteiger partial charge on any atom is -0.383 e. The highest BCUT2D eigenvalue weighted by Gasteiger charge is 2.29. The molecule has 6 nitrogen and oxygen atoms in total. The van der Waals surface area contributed by atoms with Crippen LogP contribution in [0.3, 0.4) is 0 Å². The number of nitrogens with one attached hydrogen (secondary N) is 2. The van der Waals surface area contributed by atoms with Gasteiger partial charge in [0.25, 0.3) is 0 Å². The van der Waals surface area contributed by atoms with Crippen molar-refractivity contribution >= 4 is 11.8 Å². The largest absolute Gasteiger partial charge is 0.383 e. The highest BCUT2D eigenvalue weighted by molar-refractivity contribution is 5.88. The molecule has 21 heavy (non-hydrogen) atoms. The van der Waals surface area contributed by atoms with Crippen LogP contribution in [0.4, 0.5) is 0 Å². The van der Waals surface area contributed by atoms with Crippen LogP contribution in [0.5, 0.6) is 0 Å². The maximum absolute atomic E-state index is 12.2. The highest BCUT2D eigenvalue weighted by Crippen LogP contribution is 2.29. The fraction of sp³-hybridized carbons (Fsp3) is 0.867. The number of hydrogen-bond donors (Lipinski definition) is 3. The third-order valence-corrected chi connectivity index (χ3v) is 4.23. The van der Waals surface area contributed by atoms with Crippen LogP contribution in [0.25, 0.3) is 0 Å². The van der Waals surface area contributed by atoms with Crippen molar-refractivity contribution in [2.75, 3.05) is 20.3 Å². The summed E-state index contributed by atoms with van der Waals surface area (Å²) >= 11 is 0. The van der Waals surface area contributed by atoms with E-state index in [9.17, 15) is 9.59 Å². The Bertz CT molecular complexity index is 349. The molecule has 0 spiro atoms. The molecule has 4 unspecified atom stereocenters. The zero-order valence-corrected chi connectivity index (χ0v) is 13.4. The normalized spacial score (nSPS) is 25.0. The van der Waals surface area contributed by atoms with Crippen molar-refractivity contribution in [2.24, 2.45) is 17.6 Å². The lowest BCUT2D eigenvalue weighted by atomic mass is 9.78. The Kier molecular flexibility index (Phi) is 7.67. The number of hydrogen-bond acceptors (Lipinski definition) is 4. The van der Waals surface area contributed by atoms with E-state index in [4.69, 9.17) is 10.5 Å². The first-order valence-corrected chi connectivity index (χ1v) is 7.78. The fourth-order valence-corrected chi connectivity index (χ4v) is 2.77. The molecule has 0 heterocycles. The van der Waals surface area contributed by atoms with Gasteiger partial charge < -0.3 is 21.1 Å². The van der Waals surface area contributed by atoms with Crippen LogP contribution in [0.1, 0.15) is 39.5 Å². The van der Waals surface area contributed by atoms with E-state index in [1.807, 2.05) is 6.92 Å². The molecule has 0 aromatic rings. The molecule has 2 amide bonds. The van der Waals surface area contributed by atoms with E-state index in [1.165, 1.54) is 0 Å². The summed E-state index contributed by atoms with van der Waals surface area (Å²) in [6, 6.07) is -0.331. The van der Waals surface area contributed by atoms with E-state index in [2.05, 4.69) is 10.6 Å². The van der Waals surface area contributed by atoms with Gasteiger partial charge in [0.15, 0.2) is 0 Å². The van der Waals surface area contributed by atoms with Gasteiger partial charge in [0.05, 0.1) is 6.61 Å². The van der Waals surface area contributed by atoms with E-state index in [0.29, 0.717) is 19.1 Å². The number of carbonyl (C=O) groups is 2. The number of ether oxygens (including phenoxy) is 1. The fourth-order valence-electron chi connectivity index (χ4n) is 2.77. The second kappa shape index (κ2) is 9.00. The van der Waals surface area contributed by atoms with Gasteiger partial charge in [0, 0.05) is 25.6 Å². The second-order valence-corrected chi connectivity index (χ2v) is 5.99. The zero-order valence-electron chi connectivity index (χ0n) is 13.4. The first-order chi connectivity index (χ1) is 9.95. The molecule has 0 aliphatic heterocycles. The van der Waals surface area contributed by atoms with Crippen molar-refractivity contribution in [3.8, 4) is 0 Å². The monoisotopic (exact) mass is 299 g/mol. The van der Waals surface area contributed by atoms with Gasteiger partial charge in [-0.2, -0.15) is 0 Å². The summed E-state index contributed by atoms with van der Waals surface area (Å²) in [5, 5.41) is 5.50. The molecule has 1 rings (SSSR count). The summed E-state index contributed by atoms with van der Waals surface area (Å²) in [6.45, 7) is 4.53. The molecule has 1 saturated carbocycles. The van der Waals surface area contributed by atoms with E-state index in [0.717, 1.165) is 25.7 Å². The van der Waals surface area contributed by atoms with Crippen LogP contribution >= 0.6 is 0 Å². The van der Waals surface area contributed by atoms with Crippen molar-refractivity contribution in [1.82, 2.24) is 10.6 Å². The molecule has 122 valence electrons. The molecular weight excluding hydrogens is 270 g/mol. The predicted molar refractivity (Wildman–Crippen MR) is 81.6 cm³/mol. The van der Waals surface area contributed by atoms with Crippen molar-refractivity contribution in [3.05, 3.63) is 0 Å². The molecule has 1 aliphatic carbocycles. The summed E-state index contributed by atoms with van der Waals surface area (Å²) in [7, 11) is 1.58. The van der Waals surface area contributed by atoms with Crippen LogP contribution in [0, 0.1) is 11.8 Å². The van der Waals surface area contributed by atoms with Crippen LogP contribution < -0.4 is 16.4 Å². The molecule has 0 radical (unpaired) electrons. The average Bonchev–Trinajstić information content (AvgIpc) is 2.46. The highest BCUT2D eigenvalue weighted by atomic mass is 16.5. The minimum atomic E-state index is -0.533. The van der Waals surface area contributed by atoms with Crippen molar-refractivity contribution < 1.29 is 14.3 Å². The lowest BCUT2D eigenvalue weighted by molar-refractivity contribution is -0.131. The maximum atomic E-state index is 12.2. The molecule has 4 atom stereocenters. The van der Waals surface area contributed by atoms with Crippen LogP contribution in [-0.4, -0.2) is 44.2 Å². The van der Waals surface area contributed by atoms with Gasteiger partial charge in [-0.25, -0.2) is 0 Å². The number of carbonyl (C=O) groups excluding carboxylic acids is 2. The minimum absolute atomic E-state index is 0.0662. The molecule has 0 aromatic carbocycles. The summed E-state index contributed by atoms with van der Waals surface area (Å²) in [6.07, 6.45) is 4.05. The number of nitrogens with two attached hydrogens (primary N) is 1. The topological polar surface area (TPSA) is 93.5 Å². The first kappa shape index (κ1) is 17.9. The van der Waals surface area contributed by atoms with Gasteiger partial charge in [0.1, 0.15) is 6.04 Å². The van der Waals surface area contributed by atoms with Gasteiger partial charge in [-0.3, -0.25) is 9.59 Å². The molecule has 0 saturated heterocycles. The molecule has 0 aromatic heterocycles. The summed E-state index contributed by atoms with van der Waals surface area (Å²) in [5.41, 5.74) is 5.97. The lowest BCUT2D eigenvalue weighted by Gasteiger charge is -2.31. The van der Waals surface area contributed by atoms with Gasteiger partial charge in [-0.15, -0.1) is 0 Å². The SMILES string of the molecule is COCCNC(=O)C(C)NC(=O)C(C)C1CCCC(N)C1. The molecule has 4 N–H and O–H groups in total. The van der Waals surface area contributed by atoms with Crippen molar-refractivity contribution in [3.63, 3.8) is 0 Å². The van der Waals surface area contributed by atoms with Crippen molar-refractivity contribution in [2.45, 2.75) is 51.6 Å². The molecule has 1 aliphatic rings. The van der Waals surface area contributed by atoms with Gasteiger partial charge in [-0.05, 0) is 32.1 Å². The van der Waals surface area contributed by atoms with Crippen LogP contribution in [0.2, 0.25) is 0 Å². The first-order valence-electron chi connectivity index (χ1n) is 7.78. The summed E-state index contributed by atoms with van der Waals surface area (Å²) in [4.78, 5) is 24.0. The Morgan fingerprint density at radius 2 is 2.00 bits per heavy atom. The van der Waals surface area contributed by atoms with Gasteiger partial charge >= 0.3 is 0 Å². The predicted octanol–water partition coefficient (Wildman–Crippen LogP) is 0.407.